The Morgan fingerprint density at radius 3 is 2.77 bits per heavy atom. The summed E-state index contributed by atoms with van der Waals surface area (Å²) < 4.78 is 0. The summed E-state index contributed by atoms with van der Waals surface area (Å²) in [6, 6.07) is 4.62. The highest BCUT2D eigenvalue weighted by Gasteiger charge is 2.23. The number of hydrogen-bond acceptors (Lipinski definition) is 4. The van der Waals surface area contributed by atoms with Crippen LogP contribution < -0.4 is 11.1 Å². The molecule has 0 saturated heterocycles. The molecule has 1 aromatic rings. The number of aromatic hydroxyl groups is 1. The minimum Gasteiger partial charge on any atom is -0.508 e. The Kier molecular flexibility index (Phi) is 5.03. The van der Waals surface area contributed by atoms with Crippen molar-refractivity contribution in [3.8, 4) is 5.75 Å². The zero-order valence-electron chi connectivity index (χ0n) is 13.0. The Balaban J connectivity index is 1.91. The van der Waals surface area contributed by atoms with Gasteiger partial charge in [-0.15, -0.1) is 0 Å². The molecule has 2 rings (SSSR count). The predicted molar refractivity (Wildman–Crippen MR) is 83.1 cm³/mol. The number of carbonyl (C=O) groups excluding carboxylic acids is 2. The van der Waals surface area contributed by atoms with Crippen LogP contribution in [0.5, 0.6) is 5.75 Å². The van der Waals surface area contributed by atoms with E-state index in [1.54, 1.807) is 17.0 Å². The van der Waals surface area contributed by atoms with Crippen LogP contribution in [0.4, 0.5) is 0 Å². The van der Waals surface area contributed by atoms with Crippen LogP contribution in [0.15, 0.2) is 18.2 Å². The molecule has 0 aliphatic carbocycles. The van der Waals surface area contributed by atoms with E-state index >= 15 is 0 Å². The minimum atomic E-state index is -0.605. The molecule has 0 unspecified atom stereocenters. The van der Waals surface area contributed by atoms with Gasteiger partial charge in [0.25, 0.3) is 0 Å². The monoisotopic (exact) mass is 305 g/mol. The SMILES string of the molecule is CC(C)[C@H](N)C(=O)NCC(=O)N1CCc2ccc(O)cc2C1. The maximum Gasteiger partial charge on any atom is 0.242 e. The first-order valence-electron chi connectivity index (χ1n) is 7.50. The number of hydrogen-bond donors (Lipinski definition) is 3. The van der Waals surface area contributed by atoms with E-state index in [0.29, 0.717) is 13.1 Å². The number of phenols is 1. The third-order valence-electron chi connectivity index (χ3n) is 3.99. The summed E-state index contributed by atoms with van der Waals surface area (Å²) in [6.07, 6.45) is 0.751. The van der Waals surface area contributed by atoms with Crippen molar-refractivity contribution < 1.29 is 14.7 Å². The van der Waals surface area contributed by atoms with Crippen LogP contribution in [0.25, 0.3) is 0 Å². The van der Waals surface area contributed by atoms with Gasteiger partial charge in [0.1, 0.15) is 5.75 Å². The maximum atomic E-state index is 12.2. The average molecular weight is 305 g/mol. The predicted octanol–water partition coefficient (Wildman–Crippen LogP) is 0.376. The number of nitrogens with one attached hydrogen (secondary N) is 1. The van der Waals surface area contributed by atoms with Crippen molar-refractivity contribution in [3.63, 3.8) is 0 Å². The number of nitrogens with two attached hydrogens (primary N) is 1. The largest absolute Gasteiger partial charge is 0.508 e. The Morgan fingerprint density at radius 2 is 2.09 bits per heavy atom. The van der Waals surface area contributed by atoms with Crippen LogP contribution in [0.2, 0.25) is 0 Å². The van der Waals surface area contributed by atoms with Gasteiger partial charge in [-0.3, -0.25) is 9.59 Å². The topological polar surface area (TPSA) is 95.7 Å². The van der Waals surface area contributed by atoms with E-state index in [0.717, 1.165) is 17.5 Å². The van der Waals surface area contributed by atoms with E-state index in [2.05, 4.69) is 5.32 Å². The lowest BCUT2D eigenvalue weighted by atomic mass is 9.99. The normalized spacial score (nSPS) is 15.4. The van der Waals surface area contributed by atoms with Gasteiger partial charge >= 0.3 is 0 Å². The van der Waals surface area contributed by atoms with Crippen LogP contribution in [-0.4, -0.2) is 41.0 Å². The Morgan fingerprint density at radius 1 is 1.36 bits per heavy atom. The summed E-state index contributed by atoms with van der Waals surface area (Å²) in [7, 11) is 0. The second-order valence-electron chi connectivity index (χ2n) is 6.01. The quantitative estimate of drug-likeness (QED) is 0.749. The van der Waals surface area contributed by atoms with E-state index in [-0.39, 0.29) is 30.0 Å². The molecule has 0 saturated carbocycles. The van der Waals surface area contributed by atoms with E-state index in [1.807, 2.05) is 19.9 Å². The van der Waals surface area contributed by atoms with Gasteiger partial charge in [0, 0.05) is 13.1 Å². The number of rotatable bonds is 4. The van der Waals surface area contributed by atoms with Gasteiger partial charge in [0.05, 0.1) is 12.6 Å². The number of nitrogens with zero attached hydrogens (tertiary/aromatic N) is 1. The molecule has 0 radical (unpaired) electrons. The summed E-state index contributed by atoms with van der Waals surface area (Å²) in [5.41, 5.74) is 7.83. The van der Waals surface area contributed by atoms with Crippen molar-refractivity contribution in [3.05, 3.63) is 29.3 Å². The van der Waals surface area contributed by atoms with Crippen molar-refractivity contribution in [2.75, 3.05) is 13.1 Å². The molecule has 4 N–H and O–H groups in total. The molecule has 1 aromatic carbocycles. The number of phenolic OH excluding ortho intramolecular Hbond substituents is 1. The zero-order chi connectivity index (χ0) is 16.3. The lowest BCUT2D eigenvalue weighted by Gasteiger charge is -2.29. The van der Waals surface area contributed by atoms with Gasteiger partial charge in [-0.1, -0.05) is 19.9 Å². The molecule has 120 valence electrons. The number of amides is 2. The van der Waals surface area contributed by atoms with E-state index in [1.165, 1.54) is 0 Å². The lowest BCUT2D eigenvalue weighted by Crippen LogP contribution is -2.48. The van der Waals surface area contributed by atoms with E-state index in [4.69, 9.17) is 5.73 Å². The zero-order valence-corrected chi connectivity index (χ0v) is 13.0. The second kappa shape index (κ2) is 6.79. The van der Waals surface area contributed by atoms with Gasteiger partial charge in [0.2, 0.25) is 11.8 Å². The molecular formula is C16H23N3O3. The summed E-state index contributed by atoms with van der Waals surface area (Å²) in [6.45, 7) is 4.74. The fourth-order valence-electron chi connectivity index (χ4n) is 2.45. The number of fused-ring (bicyclic) bond motifs is 1. The van der Waals surface area contributed by atoms with Crippen molar-refractivity contribution in [2.45, 2.75) is 32.9 Å². The average Bonchev–Trinajstić information content (AvgIpc) is 2.50. The van der Waals surface area contributed by atoms with Gasteiger partial charge in [0.15, 0.2) is 0 Å². The smallest absolute Gasteiger partial charge is 0.242 e. The van der Waals surface area contributed by atoms with E-state index in [9.17, 15) is 14.7 Å². The third kappa shape index (κ3) is 3.76. The summed E-state index contributed by atoms with van der Waals surface area (Å²) >= 11 is 0. The summed E-state index contributed by atoms with van der Waals surface area (Å²) in [5, 5.41) is 12.1. The highest BCUT2D eigenvalue weighted by molar-refractivity contribution is 5.87. The first kappa shape index (κ1) is 16.3. The van der Waals surface area contributed by atoms with Crippen molar-refractivity contribution in [2.24, 2.45) is 11.7 Å². The Bertz CT molecular complexity index is 572. The van der Waals surface area contributed by atoms with Crippen LogP contribution in [-0.2, 0) is 22.6 Å². The van der Waals surface area contributed by atoms with Gasteiger partial charge in [-0.25, -0.2) is 0 Å². The van der Waals surface area contributed by atoms with Crippen LogP contribution in [0, 0.1) is 5.92 Å². The molecule has 1 heterocycles. The lowest BCUT2D eigenvalue weighted by molar-refractivity contribution is -0.134. The molecule has 6 nitrogen and oxygen atoms in total. The molecule has 0 bridgehead atoms. The highest BCUT2D eigenvalue weighted by atomic mass is 16.3. The van der Waals surface area contributed by atoms with Crippen LogP contribution in [0.3, 0.4) is 0 Å². The van der Waals surface area contributed by atoms with Crippen molar-refractivity contribution >= 4 is 11.8 Å². The Labute approximate surface area is 130 Å². The fourth-order valence-corrected chi connectivity index (χ4v) is 2.45. The summed E-state index contributed by atoms with van der Waals surface area (Å²) in [4.78, 5) is 25.7. The molecule has 0 fully saturated rings. The molecule has 2 amide bonds. The standard InChI is InChI=1S/C16H23N3O3/c1-10(2)15(17)16(22)18-8-14(21)19-6-5-11-3-4-13(20)7-12(11)9-19/h3-4,7,10,15,20H,5-6,8-9,17H2,1-2H3,(H,18,22)/t15-/m0/s1. The molecule has 1 aliphatic heterocycles. The fraction of sp³-hybridized carbons (Fsp3) is 0.500. The molecule has 22 heavy (non-hydrogen) atoms. The molecule has 0 spiro atoms. The summed E-state index contributed by atoms with van der Waals surface area (Å²) in [5.74, 6) is -0.221. The first-order chi connectivity index (χ1) is 10.4. The molecule has 0 aromatic heterocycles. The molecule has 6 heteroatoms. The van der Waals surface area contributed by atoms with Crippen LogP contribution in [0.1, 0.15) is 25.0 Å². The van der Waals surface area contributed by atoms with Gasteiger partial charge < -0.3 is 21.1 Å². The third-order valence-corrected chi connectivity index (χ3v) is 3.99. The van der Waals surface area contributed by atoms with Gasteiger partial charge in [-0.05, 0) is 35.6 Å². The van der Waals surface area contributed by atoms with Crippen molar-refractivity contribution in [1.29, 1.82) is 0 Å². The van der Waals surface area contributed by atoms with Crippen molar-refractivity contribution in [1.82, 2.24) is 10.2 Å². The Hall–Kier alpha value is -2.08. The molecule has 1 atom stereocenters. The minimum absolute atomic E-state index is 0.0277. The molecular weight excluding hydrogens is 282 g/mol. The van der Waals surface area contributed by atoms with Crippen LogP contribution >= 0.6 is 0 Å². The molecule has 1 aliphatic rings. The number of benzene rings is 1. The first-order valence-corrected chi connectivity index (χ1v) is 7.50. The van der Waals surface area contributed by atoms with Gasteiger partial charge in [-0.2, -0.15) is 0 Å². The second-order valence-corrected chi connectivity index (χ2v) is 6.01. The number of carbonyl (C=O) groups is 2. The van der Waals surface area contributed by atoms with E-state index < -0.39 is 6.04 Å². The highest BCUT2D eigenvalue weighted by Crippen LogP contribution is 2.23. The maximum absolute atomic E-state index is 12.2.